The van der Waals surface area contributed by atoms with Crippen LogP contribution in [0.25, 0.3) is 6.08 Å². The minimum Gasteiger partial charge on any atom is -0.508 e. The number of hydrogen-bond donors (Lipinski definition) is 2. The molecule has 49 heavy (non-hydrogen) atoms. The number of carbonyl (C=O) groups excluding carboxylic acids is 3. The van der Waals surface area contributed by atoms with Crippen molar-refractivity contribution in [3.8, 4) is 17.2 Å². The van der Waals surface area contributed by atoms with Crippen LogP contribution in [0.2, 0.25) is 0 Å². The standard InChI is InChI=1S/C13H10F3IO3.C7H5IO2.C6H7F3O2.C6H5IO/c1-2-19-12(18)9-6-7-5-8(17)3-4-10(7)20-11(9)13(14,15)16;8-6-1-2-7(10)5(3-6)4-9;1-2-11-5(10)3-4-6(7,8)9;7-5-1-3-6(8)4-2-5/h3-6,11H,2H2,1H3;1-4,10H;3-4H,2H2,1H3;1-4,8H/b;;4-3+;. The highest BCUT2D eigenvalue weighted by Gasteiger charge is 2.48. The summed E-state index contributed by atoms with van der Waals surface area (Å²) in [5.41, 5.74) is 0.237. The molecule has 1 aliphatic rings. The van der Waals surface area contributed by atoms with Crippen LogP contribution in [0.4, 0.5) is 26.3 Å². The molecule has 1 atom stereocenters. The van der Waals surface area contributed by atoms with E-state index >= 15 is 0 Å². The first kappa shape index (κ1) is 43.9. The molecule has 0 aliphatic carbocycles. The fraction of sp³-hybridized carbons (Fsp3) is 0.219. The third-order valence-electron chi connectivity index (χ3n) is 5.26. The molecule has 17 heteroatoms. The van der Waals surface area contributed by atoms with E-state index in [4.69, 9.17) is 14.9 Å². The second-order valence-electron chi connectivity index (χ2n) is 8.97. The highest BCUT2D eigenvalue weighted by atomic mass is 127. The Labute approximate surface area is 317 Å². The van der Waals surface area contributed by atoms with Gasteiger partial charge in [0.25, 0.3) is 0 Å². The van der Waals surface area contributed by atoms with E-state index in [1.807, 2.05) is 34.7 Å². The minimum absolute atomic E-state index is 0.0000677. The molecule has 266 valence electrons. The van der Waals surface area contributed by atoms with E-state index in [2.05, 4.69) is 54.7 Å². The van der Waals surface area contributed by atoms with Gasteiger partial charge in [0.2, 0.25) is 6.10 Å². The predicted octanol–water partition coefficient (Wildman–Crippen LogP) is 9.04. The summed E-state index contributed by atoms with van der Waals surface area (Å²) in [6, 6.07) is 16.7. The van der Waals surface area contributed by atoms with E-state index in [9.17, 15) is 40.7 Å². The summed E-state index contributed by atoms with van der Waals surface area (Å²) >= 11 is 6.29. The third-order valence-corrected chi connectivity index (χ3v) is 7.32. The fourth-order valence-electron chi connectivity index (χ4n) is 3.21. The zero-order chi connectivity index (χ0) is 37.4. The molecule has 1 aliphatic heterocycles. The zero-order valence-corrected chi connectivity index (χ0v) is 31.8. The van der Waals surface area contributed by atoms with Gasteiger partial charge in [0.05, 0.1) is 24.4 Å². The lowest BCUT2D eigenvalue weighted by atomic mass is 10.0. The number of aldehydes is 1. The molecule has 1 unspecified atom stereocenters. The molecule has 3 aromatic rings. The van der Waals surface area contributed by atoms with E-state index in [0.29, 0.717) is 29.2 Å². The van der Waals surface area contributed by atoms with Gasteiger partial charge in [-0.05, 0) is 148 Å². The molecular formula is C32H27F6I3O8. The van der Waals surface area contributed by atoms with Crippen LogP contribution in [-0.4, -0.2) is 60.1 Å². The summed E-state index contributed by atoms with van der Waals surface area (Å²) in [7, 11) is 0. The van der Waals surface area contributed by atoms with Crippen molar-refractivity contribution in [2.24, 2.45) is 0 Å². The molecule has 4 rings (SSSR count). The van der Waals surface area contributed by atoms with Crippen molar-refractivity contribution < 1.29 is 65.1 Å². The molecule has 8 nitrogen and oxygen atoms in total. The number of phenolic OH excluding ortho intramolecular Hbond substituents is 2. The summed E-state index contributed by atoms with van der Waals surface area (Å²) in [5, 5.41) is 17.8. The van der Waals surface area contributed by atoms with Crippen LogP contribution in [-0.2, 0) is 19.1 Å². The highest BCUT2D eigenvalue weighted by Crippen LogP contribution is 2.38. The minimum atomic E-state index is -4.68. The molecule has 0 aromatic heterocycles. The lowest BCUT2D eigenvalue weighted by Gasteiger charge is -2.27. The molecule has 0 spiro atoms. The Balaban J connectivity index is 0.000000353. The first-order valence-corrected chi connectivity index (χ1v) is 16.8. The Morgan fingerprint density at radius 2 is 1.39 bits per heavy atom. The van der Waals surface area contributed by atoms with Gasteiger partial charge < -0.3 is 24.4 Å². The summed E-state index contributed by atoms with van der Waals surface area (Å²) in [6.45, 7) is 3.11. The van der Waals surface area contributed by atoms with Gasteiger partial charge in [-0.25, -0.2) is 9.59 Å². The Morgan fingerprint density at radius 1 is 0.837 bits per heavy atom. The van der Waals surface area contributed by atoms with Crippen LogP contribution in [0.1, 0.15) is 29.8 Å². The second-order valence-corrected chi connectivity index (χ2v) is 12.7. The first-order chi connectivity index (χ1) is 22.8. The molecule has 0 fully saturated rings. The maximum Gasteiger partial charge on any atom is 0.430 e. The van der Waals surface area contributed by atoms with Crippen LogP contribution in [0.5, 0.6) is 17.2 Å². The SMILES string of the molecule is CCOC(=O)/C=C/C(F)(F)F.CCOC(=O)C1=Cc2cc(I)ccc2OC1C(F)(F)F.O=Cc1cc(I)ccc1O.Oc1ccc(I)cc1. The van der Waals surface area contributed by atoms with Gasteiger partial charge in [-0.3, -0.25) is 4.79 Å². The van der Waals surface area contributed by atoms with Crippen LogP contribution in [0.15, 0.2) is 78.4 Å². The van der Waals surface area contributed by atoms with Crippen molar-refractivity contribution in [3.05, 3.63) is 100 Å². The van der Waals surface area contributed by atoms with Gasteiger partial charge in [-0.1, -0.05) is 0 Å². The van der Waals surface area contributed by atoms with Crippen LogP contribution >= 0.6 is 67.8 Å². The van der Waals surface area contributed by atoms with Crippen LogP contribution < -0.4 is 4.74 Å². The van der Waals surface area contributed by atoms with Crippen molar-refractivity contribution in [3.63, 3.8) is 0 Å². The normalized spacial score (nSPS) is 13.4. The van der Waals surface area contributed by atoms with Crippen LogP contribution in [0.3, 0.4) is 0 Å². The average Bonchev–Trinajstić information content (AvgIpc) is 3.02. The molecule has 0 bridgehead atoms. The number of rotatable bonds is 5. The van der Waals surface area contributed by atoms with E-state index in [0.717, 1.165) is 10.7 Å². The number of allylic oxidation sites excluding steroid dienone is 1. The molecule has 2 N–H and O–H groups in total. The number of halogens is 9. The average molecular weight is 1030 g/mol. The van der Waals surface area contributed by atoms with Gasteiger partial charge in [0.1, 0.15) is 17.2 Å². The second kappa shape index (κ2) is 21.2. The van der Waals surface area contributed by atoms with E-state index in [1.165, 1.54) is 32.1 Å². The first-order valence-electron chi connectivity index (χ1n) is 13.5. The number of carbonyl (C=O) groups is 3. The number of fused-ring (bicyclic) bond motifs is 1. The van der Waals surface area contributed by atoms with Gasteiger partial charge in [0.15, 0.2) is 6.29 Å². The maximum absolute atomic E-state index is 13.0. The number of esters is 2. The van der Waals surface area contributed by atoms with Crippen molar-refractivity contribution in [2.45, 2.75) is 32.3 Å². The van der Waals surface area contributed by atoms with E-state index in [1.54, 1.807) is 36.4 Å². The van der Waals surface area contributed by atoms with E-state index < -0.39 is 36.0 Å². The number of phenols is 2. The Hall–Kier alpha value is -3.08. The predicted molar refractivity (Wildman–Crippen MR) is 193 cm³/mol. The van der Waals surface area contributed by atoms with Crippen LogP contribution in [0, 0.1) is 10.7 Å². The van der Waals surface area contributed by atoms with E-state index in [-0.39, 0.29) is 30.8 Å². The Bertz CT molecular complexity index is 1590. The largest absolute Gasteiger partial charge is 0.508 e. The molecule has 3 aromatic carbocycles. The number of benzene rings is 3. The summed E-state index contributed by atoms with van der Waals surface area (Å²) in [5.74, 6) is -1.54. The summed E-state index contributed by atoms with van der Waals surface area (Å²) in [6.07, 6.45) is -9.43. The Morgan fingerprint density at radius 3 is 1.88 bits per heavy atom. The fourth-order valence-corrected chi connectivity index (χ4v) is 4.60. The number of alkyl halides is 6. The number of hydrogen-bond acceptors (Lipinski definition) is 8. The summed E-state index contributed by atoms with van der Waals surface area (Å²) < 4.78 is 89.8. The van der Waals surface area contributed by atoms with Crippen molar-refractivity contribution in [2.75, 3.05) is 13.2 Å². The molecule has 0 saturated carbocycles. The maximum atomic E-state index is 13.0. The van der Waals surface area contributed by atoms with Gasteiger partial charge >= 0.3 is 24.3 Å². The molecular weight excluding hydrogens is 1010 g/mol. The highest BCUT2D eigenvalue weighted by molar-refractivity contribution is 14.1. The summed E-state index contributed by atoms with van der Waals surface area (Å²) in [4.78, 5) is 32.2. The Kier molecular flexibility index (Phi) is 19.0. The molecule has 1 heterocycles. The van der Waals surface area contributed by atoms with Gasteiger partial charge in [0, 0.05) is 28.4 Å². The smallest absolute Gasteiger partial charge is 0.430 e. The zero-order valence-electron chi connectivity index (χ0n) is 25.3. The van der Waals surface area contributed by atoms with Crippen molar-refractivity contribution >= 4 is 92.1 Å². The molecule has 0 radical (unpaired) electrons. The topological polar surface area (TPSA) is 119 Å². The molecule has 0 amide bonds. The van der Waals surface area contributed by atoms with Crippen molar-refractivity contribution in [1.82, 2.24) is 0 Å². The van der Waals surface area contributed by atoms with Gasteiger partial charge in [-0.15, -0.1) is 0 Å². The van der Waals surface area contributed by atoms with Crippen molar-refractivity contribution in [1.29, 1.82) is 0 Å². The molecule has 0 saturated heterocycles. The lowest BCUT2D eigenvalue weighted by molar-refractivity contribution is -0.187. The monoisotopic (exact) mass is 1030 g/mol. The van der Waals surface area contributed by atoms with Gasteiger partial charge in [-0.2, -0.15) is 26.3 Å². The lowest BCUT2D eigenvalue weighted by Crippen LogP contribution is -2.40. The number of ether oxygens (including phenoxy) is 3. The third kappa shape index (κ3) is 17.4. The quantitative estimate of drug-likeness (QED) is 0.0856. The number of aromatic hydroxyl groups is 2.